The van der Waals surface area contributed by atoms with Crippen molar-refractivity contribution in [2.45, 2.75) is 57.7 Å². The fourth-order valence-corrected chi connectivity index (χ4v) is 6.53. The Morgan fingerprint density at radius 1 is 0.957 bits per heavy atom. The first kappa shape index (κ1) is 29.8. The predicted octanol–water partition coefficient (Wildman–Crippen LogP) is 7.69. The summed E-state index contributed by atoms with van der Waals surface area (Å²) in [5, 5.41) is 7.58. The number of fused-ring (bicyclic) bond motifs is 3. The molecule has 2 aliphatic rings. The number of carbonyl (C=O) groups is 1. The van der Waals surface area contributed by atoms with Gasteiger partial charge in [0.2, 0.25) is 0 Å². The van der Waals surface area contributed by atoms with E-state index in [4.69, 9.17) is 0 Å². The van der Waals surface area contributed by atoms with Gasteiger partial charge in [0.15, 0.2) is 0 Å². The van der Waals surface area contributed by atoms with Crippen LogP contribution in [0.2, 0.25) is 0 Å². The summed E-state index contributed by atoms with van der Waals surface area (Å²) in [6.45, 7) is 3.21. The lowest BCUT2D eigenvalue weighted by atomic mass is 9.95. The third-order valence-corrected chi connectivity index (χ3v) is 8.87. The summed E-state index contributed by atoms with van der Waals surface area (Å²) in [5.74, 6) is 1.25. The Morgan fingerprint density at radius 3 is 2.57 bits per heavy atom. The van der Waals surface area contributed by atoms with Crippen LogP contribution in [-0.4, -0.2) is 49.9 Å². The quantitative estimate of drug-likeness (QED) is 0.179. The molecule has 46 heavy (non-hydrogen) atoms. The number of carbonyl (C=O) groups excluding carboxylic acids is 1. The summed E-state index contributed by atoms with van der Waals surface area (Å²) in [6.07, 6.45) is 4.51. The number of alkyl halides is 3. The standard InChI is InChI=1S/C35H34F3N7O/c1-21-17-29(42-32(18-21)44-31-19-23(11-14-39-31)35(36,37)38)22-9-10-30(40-20-22)41-24-12-15-45(16-13-24)34(46)27-7-4-6-26-25-5-2-3-8-28(25)43-33(26)27/h4,6-7,9-11,14,17-20,24,43H,2-3,5,8,12-13,15-16H2,1H3,(H,40,41)(H,39,42,44). The lowest BCUT2D eigenvalue weighted by molar-refractivity contribution is -0.137. The number of aryl methyl sites for hydroxylation is 3. The number of aromatic nitrogens is 4. The Labute approximate surface area is 264 Å². The van der Waals surface area contributed by atoms with Crippen LogP contribution < -0.4 is 10.6 Å². The molecule has 0 spiro atoms. The molecule has 0 unspecified atom stereocenters. The van der Waals surface area contributed by atoms with E-state index < -0.39 is 11.7 Å². The summed E-state index contributed by atoms with van der Waals surface area (Å²) in [7, 11) is 0. The predicted molar refractivity (Wildman–Crippen MR) is 172 cm³/mol. The molecule has 5 heterocycles. The number of piperidine rings is 1. The Hall–Kier alpha value is -4.93. The number of nitrogens with one attached hydrogen (secondary N) is 3. The van der Waals surface area contributed by atoms with Crippen LogP contribution in [0.4, 0.5) is 30.6 Å². The van der Waals surface area contributed by atoms with Crippen molar-refractivity contribution < 1.29 is 18.0 Å². The average Bonchev–Trinajstić information content (AvgIpc) is 3.44. The highest BCUT2D eigenvalue weighted by Crippen LogP contribution is 2.33. The summed E-state index contributed by atoms with van der Waals surface area (Å²) in [6, 6.07) is 15.6. The molecular weight excluding hydrogens is 591 g/mol. The maximum Gasteiger partial charge on any atom is 0.416 e. The third kappa shape index (κ3) is 6.14. The van der Waals surface area contributed by atoms with Crippen LogP contribution in [0.3, 0.4) is 0 Å². The highest BCUT2D eigenvalue weighted by atomic mass is 19.4. The molecule has 0 bridgehead atoms. The molecule has 8 nitrogen and oxygen atoms in total. The van der Waals surface area contributed by atoms with E-state index in [2.05, 4.69) is 36.6 Å². The molecule has 11 heteroatoms. The highest BCUT2D eigenvalue weighted by molar-refractivity contribution is 6.06. The van der Waals surface area contributed by atoms with E-state index in [9.17, 15) is 18.0 Å². The smallest absolute Gasteiger partial charge is 0.367 e. The van der Waals surface area contributed by atoms with Gasteiger partial charge in [-0.25, -0.2) is 15.0 Å². The number of anilines is 3. The zero-order valence-electron chi connectivity index (χ0n) is 25.4. The zero-order chi connectivity index (χ0) is 31.8. The second-order valence-corrected chi connectivity index (χ2v) is 12.1. The highest BCUT2D eigenvalue weighted by Gasteiger charge is 2.31. The van der Waals surface area contributed by atoms with Gasteiger partial charge in [0.05, 0.1) is 22.3 Å². The Bertz CT molecular complexity index is 1890. The minimum Gasteiger partial charge on any atom is -0.367 e. The van der Waals surface area contributed by atoms with Crippen molar-refractivity contribution in [2.24, 2.45) is 0 Å². The zero-order valence-corrected chi connectivity index (χ0v) is 25.4. The maximum absolute atomic E-state index is 13.6. The summed E-state index contributed by atoms with van der Waals surface area (Å²) < 4.78 is 39.4. The molecule has 5 aromatic rings. The number of rotatable bonds is 6. The first-order chi connectivity index (χ1) is 22.2. The molecule has 1 amide bonds. The van der Waals surface area contributed by atoms with E-state index in [0.29, 0.717) is 24.6 Å². The van der Waals surface area contributed by atoms with Gasteiger partial charge in [-0.05, 0) is 99.0 Å². The number of amides is 1. The number of aromatic amines is 1. The summed E-state index contributed by atoms with van der Waals surface area (Å²) in [4.78, 5) is 32.3. The molecular formula is C35H34F3N7O. The van der Waals surface area contributed by atoms with Gasteiger partial charge in [0, 0.05) is 48.2 Å². The first-order valence-electron chi connectivity index (χ1n) is 15.6. The van der Waals surface area contributed by atoms with Crippen molar-refractivity contribution in [3.8, 4) is 11.3 Å². The number of hydrogen-bond donors (Lipinski definition) is 3. The number of hydrogen-bond acceptors (Lipinski definition) is 6. The summed E-state index contributed by atoms with van der Waals surface area (Å²) >= 11 is 0. The number of para-hydroxylation sites is 1. The largest absolute Gasteiger partial charge is 0.416 e. The van der Waals surface area contributed by atoms with Crippen molar-refractivity contribution in [3.63, 3.8) is 0 Å². The van der Waals surface area contributed by atoms with Gasteiger partial charge in [0.1, 0.15) is 17.5 Å². The van der Waals surface area contributed by atoms with Crippen molar-refractivity contribution in [1.29, 1.82) is 0 Å². The van der Waals surface area contributed by atoms with Gasteiger partial charge in [-0.3, -0.25) is 4.79 Å². The number of halogens is 3. The molecule has 4 aromatic heterocycles. The second kappa shape index (κ2) is 12.1. The molecule has 3 N–H and O–H groups in total. The molecule has 236 valence electrons. The monoisotopic (exact) mass is 625 g/mol. The molecule has 1 fully saturated rings. The van der Waals surface area contributed by atoms with Crippen molar-refractivity contribution in [2.75, 3.05) is 23.7 Å². The molecule has 1 aromatic carbocycles. The summed E-state index contributed by atoms with van der Waals surface area (Å²) in [5.41, 5.74) is 5.90. The average molecular weight is 626 g/mol. The van der Waals surface area contributed by atoms with Crippen LogP contribution in [0.25, 0.3) is 22.2 Å². The van der Waals surface area contributed by atoms with Crippen molar-refractivity contribution >= 4 is 34.3 Å². The Kier molecular flexibility index (Phi) is 7.84. The van der Waals surface area contributed by atoms with E-state index >= 15 is 0 Å². The van der Waals surface area contributed by atoms with Crippen molar-refractivity contribution in [1.82, 2.24) is 24.8 Å². The van der Waals surface area contributed by atoms with Crippen LogP contribution in [-0.2, 0) is 19.0 Å². The molecule has 1 saturated heterocycles. The molecule has 0 atom stereocenters. The number of nitrogens with zero attached hydrogens (tertiary/aromatic N) is 4. The minimum absolute atomic E-state index is 0.0596. The number of pyridine rings is 3. The van der Waals surface area contributed by atoms with Gasteiger partial charge in [0.25, 0.3) is 5.91 Å². The molecule has 7 rings (SSSR count). The maximum atomic E-state index is 13.6. The van der Waals surface area contributed by atoms with E-state index in [0.717, 1.165) is 72.0 Å². The van der Waals surface area contributed by atoms with Crippen LogP contribution in [0.5, 0.6) is 0 Å². The van der Waals surface area contributed by atoms with Gasteiger partial charge in [-0.1, -0.05) is 12.1 Å². The lowest BCUT2D eigenvalue weighted by Crippen LogP contribution is -2.42. The lowest BCUT2D eigenvalue weighted by Gasteiger charge is -2.32. The van der Waals surface area contributed by atoms with E-state index in [1.807, 2.05) is 42.2 Å². The van der Waals surface area contributed by atoms with Gasteiger partial charge in [-0.2, -0.15) is 13.2 Å². The van der Waals surface area contributed by atoms with Crippen LogP contribution in [0, 0.1) is 6.92 Å². The first-order valence-corrected chi connectivity index (χ1v) is 15.6. The van der Waals surface area contributed by atoms with Crippen LogP contribution >= 0.6 is 0 Å². The van der Waals surface area contributed by atoms with E-state index in [-0.39, 0.29) is 17.8 Å². The molecule has 0 radical (unpaired) electrons. The Balaban J connectivity index is 0.981. The molecule has 1 aliphatic heterocycles. The van der Waals surface area contributed by atoms with Crippen LogP contribution in [0.1, 0.15) is 58.4 Å². The number of likely N-dealkylation sites (tertiary alicyclic amines) is 1. The molecule has 0 saturated carbocycles. The fraction of sp³-hybridized carbons (Fsp3) is 0.314. The number of H-pyrrole nitrogens is 1. The topological polar surface area (TPSA) is 98.8 Å². The number of benzene rings is 1. The van der Waals surface area contributed by atoms with E-state index in [1.54, 1.807) is 12.3 Å². The SMILES string of the molecule is Cc1cc(Nc2cc(C(F)(F)F)ccn2)nc(-c2ccc(NC3CCN(C(=O)c4cccc5c6c([nH]c45)CCCC6)CC3)nc2)c1. The normalized spacial score (nSPS) is 15.5. The molecule has 1 aliphatic carbocycles. The van der Waals surface area contributed by atoms with Gasteiger partial charge in [-0.15, -0.1) is 0 Å². The van der Waals surface area contributed by atoms with Crippen LogP contribution in [0.15, 0.2) is 67.0 Å². The second-order valence-electron chi connectivity index (χ2n) is 12.1. The minimum atomic E-state index is -4.46. The van der Waals surface area contributed by atoms with Gasteiger partial charge >= 0.3 is 6.18 Å². The van der Waals surface area contributed by atoms with Crippen molar-refractivity contribution in [3.05, 3.63) is 94.9 Å². The van der Waals surface area contributed by atoms with Gasteiger partial charge < -0.3 is 20.5 Å². The van der Waals surface area contributed by atoms with E-state index in [1.165, 1.54) is 29.5 Å². The third-order valence-electron chi connectivity index (χ3n) is 8.87. The fourth-order valence-electron chi connectivity index (χ4n) is 6.53. The Morgan fingerprint density at radius 2 is 1.78 bits per heavy atom.